The van der Waals surface area contributed by atoms with E-state index in [-0.39, 0.29) is 0 Å². The molecule has 0 spiro atoms. The zero-order valence-corrected chi connectivity index (χ0v) is 8.20. The first kappa shape index (κ1) is 9.22. The summed E-state index contributed by atoms with van der Waals surface area (Å²) in [5, 5.41) is 1.37. The average Bonchev–Trinajstić information content (AvgIpc) is 2.37. The van der Waals surface area contributed by atoms with Crippen molar-refractivity contribution in [2.24, 2.45) is 0 Å². The van der Waals surface area contributed by atoms with E-state index in [2.05, 4.69) is 6.92 Å². The first-order chi connectivity index (χ1) is 5.34. The van der Waals surface area contributed by atoms with Crippen molar-refractivity contribution in [1.29, 1.82) is 0 Å². The van der Waals surface area contributed by atoms with E-state index in [1.165, 1.54) is 31.0 Å². The standard InChI is InChI=1S/C9H17OP/c1-2-3-4-6-9-7-5-8-11(9)10/h2-8H2,1H3. The van der Waals surface area contributed by atoms with Crippen molar-refractivity contribution < 1.29 is 4.89 Å². The lowest BCUT2D eigenvalue weighted by atomic mass is 10.1. The Balaban J connectivity index is 2.20. The summed E-state index contributed by atoms with van der Waals surface area (Å²) in [5.41, 5.74) is 0. The summed E-state index contributed by atoms with van der Waals surface area (Å²) in [4.78, 5) is 11.3. The number of rotatable bonds is 4. The van der Waals surface area contributed by atoms with Crippen LogP contribution in [0, 0.1) is 0 Å². The highest BCUT2D eigenvalue weighted by molar-refractivity contribution is 7.52. The second kappa shape index (κ2) is 4.90. The maximum Gasteiger partial charge on any atom is 0.103 e. The average molecular weight is 172 g/mol. The zero-order valence-electron chi connectivity index (χ0n) is 7.31. The van der Waals surface area contributed by atoms with E-state index in [1.54, 1.807) is 0 Å². The molecule has 0 N–H and O–H groups in total. The van der Waals surface area contributed by atoms with Crippen molar-refractivity contribution in [3.05, 3.63) is 0 Å². The van der Waals surface area contributed by atoms with Crippen LogP contribution in [0.4, 0.5) is 0 Å². The molecule has 1 aliphatic rings. The Hall–Kier alpha value is 0.130. The molecule has 1 heterocycles. The van der Waals surface area contributed by atoms with E-state index in [9.17, 15) is 4.89 Å². The molecule has 0 saturated carbocycles. The Morgan fingerprint density at radius 2 is 2.27 bits per heavy atom. The fourth-order valence-electron chi connectivity index (χ4n) is 1.54. The summed E-state index contributed by atoms with van der Waals surface area (Å²) < 4.78 is 0. The van der Waals surface area contributed by atoms with Gasteiger partial charge in [0.05, 0.1) is 5.29 Å². The third kappa shape index (κ3) is 2.92. The van der Waals surface area contributed by atoms with Crippen LogP contribution in [-0.4, -0.2) is 11.5 Å². The van der Waals surface area contributed by atoms with Crippen LogP contribution in [0.1, 0.15) is 45.4 Å². The van der Waals surface area contributed by atoms with Gasteiger partial charge in [0, 0.05) is 20.6 Å². The third-order valence-corrected chi connectivity index (χ3v) is 4.12. The molecular weight excluding hydrogens is 155 g/mol. The van der Waals surface area contributed by atoms with E-state index < -0.39 is 7.77 Å². The van der Waals surface area contributed by atoms with Gasteiger partial charge in [-0.1, -0.05) is 19.8 Å². The molecular formula is C9H17OP. The Morgan fingerprint density at radius 3 is 2.82 bits per heavy atom. The van der Waals surface area contributed by atoms with Gasteiger partial charge in [0.15, 0.2) is 0 Å². The van der Waals surface area contributed by atoms with Crippen LogP contribution in [0.25, 0.3) is 0 Å². The summed E-state index contributed by atoms with van der Waals surface area (Å²) >= 11 is 0. The molecule has 64 valence electrons. The fraction of sp³-hybridized carbons (Fsp3) is 0.889. The van der Waals surface area contributed by atoms with Crippen LogP contribution in [0.5, 0.6) is 0 Å². The smallest absolute Gasteiger partial charge is 0.103 e. The summed E-state index contributed by atoms with van der Waals surface area (Å²) in [5.74, 6) is 0. The predicted octanol–water partition coefficient (Wildman–Crippen LogP) is 2.29. The minimum absolute atomic E-state index is 0.878. The van der Waals surface area contributed by atoms with Gasteiger partial charge in [-0.2, -0.15) is 0 Å². The van der Waals surface area contributed by atoms with Gasteiger partial charge in [-0.05, 0) is 12.8 Å². The van der Waals surface area contributed by atoms with Crippen molar-refractivity contribution in [1.82, 2.24) is 0 Å². The molecule has 0 aromatic rings. The molecule has 0 bridgehead atoms. The quantitative estimate of drug-likeness (QED) is 0.471. The van der Waals surface area contributed by atoms with E-state index in [4.69, 9.17) is 0 Å². The maximum atomic E-state index is 11.3. The minimum Gasteiger partial charge on any atom is -0.631 e. The van der Waals surface area contributed by atoms with Gasteiger partial charge in [0.25, 0.3) is 0 Å². The molecule has 1 atom stereocenters. The van der Waals surface area contributed by atoms with Crippen molar-refractivity contribution in [2.75, 3.05) is 6.16 Å². The minimum atomic E-state index is -0.878. The molecule has 0 radical (unpaired) electrons. The van der Waals surface area contributed by atoms with E-state index in [1.807, 2.05) is 0 Å². The van der Waals surface area contributed by atoms with E-state index in [0.29, 0.717) is 0 Å². The van der Waals surface area contributed by atoms with Gasteiger partial charge in [0.2, 0.25) is 0 Å². The Kier molecular flexibility index (Phi) is 4.11. The molecule has 0 fully saturated rings. The largest absolute Gasteiger partial charge is 0.631 e. The molecule has 0 saturated heterocycles. The topological polar surface area (TPSA) is 23.1 Å². The van der Waals surface area contributed by atoms with Gasteiger partial charge in [-0.25, -0.2) is 0 Å². The van der Waals surface area contributed by atoms with Crippen LogP contribution < -0.4 is 4.89 Å². The van der Waals surface area contributed by atoms with Crippen LogP contribution in [0.2, 0.25) is 0 Å². The summed E-state index contributed by atoms with van der Waals surface area (Å²) in [6.45, 7) is 2.21. The van der Waals surface area contributed by atoms with E-state index in [0.717, 1.165) is 19.0 Å². The molecule has 1 rings (SSSR count). The second-order valence-electron chi connectivity index (χ2n) is 3.23. The second-order valence-corrected chi connectivity index (χ2v) is 5.07. The number of unbranched alkanes of at least 4 members (excludes halogenated alkanes) is 2. The van der Waals surface area contributed by atoms with Crippen LogP contribution in [0.15, 0.2) is 0 Å². The maximum absolute atomic E-state index is 11.3. The fourth-order valence-corrected chi connectivity index (χ4v) is 3.11. The van der Waals surface area contributed by atoms with Crippen molar-refractivity contribution in [2.45, 2.75) is 45.4 Å². The Bertz CT molecular complexity index is 152. The highest BCUT2D eigenvalue weighted by Crippen LogP contribution is 2.28. The summed E-state index contributed by atoms with van der Waals surface area (Å²) in [7, 11) is -0.878. The molecule has 0 aromatic heterocycles. The lowest BCUT2D eigenvalue weighted by Crippen LogP contribution is -1.97. The molecule has 0 aliphatic carbocycles. The summed E-state index contributed by atoms with van der Waals surface area (Å²) in [6.07, 6.45) is 8.26. The lowest BCUT2D eigenvalue weighted by Gasteiger charge is -1.97. The normalized spacial score (nSPS) is 21.3. The van der Waals surface area contributed by atoms with Gasteiger partial charge in [-0.3, -0.25) is 0 Å². The molecule has 0 aromatic carbocycles. The van der Waals surface area contributed by atoms with Crippen molar-refractivity contribution in [3.63, 3.8) is 0 Å². The first-order valence-electron chi connectivity index (χ1n) is 4.64. The first-order valence-corrected chi connectivity index (χ1v) is 6.08. The monoisotopic (exact) mass is 172 g/mol. The number of hydrogen-bond donors (Lipinski definition) is 0. The highest BCUT2D eigenvalue weighted by Gasteiger charge is 2.16. The lowest BCUT2D eigenvalue weighted by molar-refractivity contribution is -0.152. The molecule has 2 heteroatoms. The Morgan fingerprint density at radius 1 is 1.45 bits per heavy atom. The summed E-state index contributed by atoms with van der Waals surface area (Å²) in [6, 6.07) is 0. The van der Waals surface area contributed by atoms with Gasteiger partial charge in [0.1, 0.15) is 6.16 Å². The van der Waals surface area contributed by atoms with E-state index >= 15 is 0 Å². The number of hydrogen-bond acceptors (Lipinski definition) is 1. The van der Waals surface area contributed by atoms with Crippen molar-refractivity contribution >= 4 is 13.1 Å². The van der Waals surface area contributed by atoms with Crippen LogP contribution in [-0.2, 0) is 0 Å². The van der Waals surface area contributed by atoms with Gasteiger partial charge in [-0.15, -0.1) is 0 Å². The Labute approximate surface area is 70.3 Å². The third-order valence-electron chi connectivity index (χ3n) is 2.25. The predicted molar refractivity (Wildman–Crippen MR) is 50.2 cm³/mol. The van der Waals surface area contributed by atoms with Crippen LogP contribution in [0.3, 0.4) is 0 Å². The molecule has 1 unspecified atom stereocenters. The zero-order chi connectivity index (χ0) is 8.10. The molecule has 11 heavy (non-hydrogen) atoms. The van der Waals surface area contributed by atoms with Gasteiger partial charge < -0.3 is 4.89 Å². The molecule has 1 aliphatic heterocycles. The van der Waals surface area contributed by atoms with Crippen molar-refractivity contribution in [3.8, 4) is 0 Å². The highest BCUT2D eigenvalue weighted by atomic mass is 31.1. The molecule has 1 nitrogen and oxygen atoms in total. The van der Waals surface area contributed by atoms with Crippen LogP contribution >= 0.6 is 7.77 Å². The SMILES string of the molecule is CCCCCC1=[P+]([O-])CCC1. The molecule has 0 amide bonds. The van der Waals surface area contributed by atoms with Gasteiger partial charge >= 0.3 is 0 Å².